The molecule has 0 heterocycles. The second kappa shape index (κ2) is 26.0. The Labute approximate surface area is 251 Å². The van der Waals surface area contributed by atoms with Crippen molar-refractivity contribution < 1.29 is 38.2 Å². The Hall–Kier alpha value is -1.67. The van der Waals surface area contributed by atoms with Gasteiger partial charge in [0.25, 0.3) is 0 Å². The van der Waals surface area contributed by atoms with Gasteiger partial charge in [-0.05, 0) is 12.8 Å². The summed E-state index contributed by atoms with van der Waals surface area (Å²) in [6, 6.07) is -0.604. The van der Waals surface area contributed by atoms with E-state index in [1.165, 1.54) is 70.6 Å². The van der Waals surface area contributed by atoms with Crippen molar-refractivity contribution in [2.75, 3.05) is 41.0 Å². The van der Waals surface area contributed by atoms with Crippen LogP contribution in [0.2, 0.25) is 0 Å². The number of esters is 2. The van der Waals surface area contributed by atoms with Crippen LogP contribution in [-0.2, 0) is 28.6 Å². The monoisotopic (exact) mass is 586 g/mol. The number of carboxylic acid groups (broad SMARTS) is 1. The molecule has 0 rings (SSSR count). The Morgan fingerprint density at radius 1 is 0.634 bits per heavy atom. The van der Waals surface area contributed by atoms with Crippen LogP contribution >= 0.6 is 0 Å². The van der Waals surface area contributed by atoms with Crippen LogP contribution in [0.25, 0.3) is 0 Å². The minimum absolute atomic E-state index is 0.0453. The second-order valence-electron chi connectivity index (χ2n) is 12.4. The van der Waals surface area contributed by atoms with E-state index in [1.807, 2.05) is 21.1 Å². The molecule has 242 valence electrons. The molecule has 8 heteroatoms. The number of unbranched alkanes of at least 4 members (excludes halogenated alkanes) is 15. The van der Waals surface area contributed by atoms with Crippen molar-refractivity contribution in [2.45, 2.75) is 154 Å². The highest BCUT2D eigenvalue weighted by atomic mass is 16.6. The maximum atomic E-state index is 12.5. The summed E-state index contributed by atoms with van der Waals surface area (Å²) < 4.78 is 17.0. The molecule has 0 fully saturated rings. The minimum Gasteiger partial charge on any atom is -0.477 e. The second-order valence-corrected chi connectivity index (χ2v) is 12.4. The highest BCUT2D eigenvalue weighted by Gasteiger charge is 2.31. The van der Waals surface area contributed by atoms with Crippen molar-refractivity contribution in [3.05, 3.63) is 0 Å². The van der Waals surface area contributed by atoms with Crippen LogP contribution in [-0.4, -0.2) is 80.6 Å². The molecule has 0 saturated heterocycles. The fraction of sp³-hybridized carbons (Fsp3) is 0.909. The lowest BCUT2D eigenvalue weighted by molar-refractivity contribution is -0.887. The molecule has 0 amide bonds. The number of quaternary nitrogens is 1. The molecular weight excluding hydrogens is 522 g/mol. The Bertz CT molecular complexity index is 662. The van der Waals surface area contributed by atoms with Crippen molar-refractivity contribution in [1.82, 2.24) is 0 Å². The average Bonchev–Trinajstić information content (AvgIpc) is 2.91. The molecule has 2 atom stereocenters. The molecule has 0 aromatic heterocycles. The maximum Gasteiger partial charge on any atom is 0.362 e. The zero-order valence-electron chi connectivity index (χ0n) is 27.3. The van der Waals surface area contributed by atoms with Crippen LogP contribution in [0.5, 0.6) is 0 Å². The third-order valence-electron chi connectivity index (χ3n) is 7.51. The van der Waals surface area contributed by atoms with E-state index in [4.69, 9.17) is 14.2 Å². The number of aliphatic carboxylic acids is 1. The number of nitrogens with zero attached hydrogens (tertiary/aromatic N) is 1. The van der Waals surface area contributed by atoms with Gasteiger partial charge in [-0.25, -0.2) is 4.79 Å². The first-order valence-electron chi connectivity index (χ1n) is 16.6. The summed E-state index contributed by atoms with van der Waals surface area (Å²) >= 11 is 0. The molecule has 0 saturated carbocycles. The lowest BCUT2D eigenvalue weighted by Gasteiger charge is -2.31. The van der Waals surface area contributed by atoms with Crippen molar-refractivity contribution in [3.8, 4) is 0 Å². The Kier molecular flexibility index (Phi) is 24.9. The molecule has 0 aromatic rings. The molecule has 1 N–H and O–H groups in total. The summed E-state index contributed by atoms with van der Waals surface area (Å²) in [4.78, 5) is 36.4. The van der Waals surface area contributed by atoms with Gasteiger partial charge < -0.3 is 23.8 Å². The molecule has 0 aromatic carbocycles. The molecule has 0 spiro atoms. The predicted molar refractivity (Wildman–Crippen MR) is 165 cm³/mol. The van der Waals surface area contributed by atoms with E-state index in [0.29, 0.717) is 19.3 Å². The SMILES string of the molecule is CCCCCCCCCCCCCC(=O)OC(COCCC(C(=O)O)[N+](C)(C)C)COC(=O)CCCCCCCC. The van der Waals surface area contributed by atoms with Gasteiger partial charge in [-0.2, -0.15) is 0 Å². The predicted octanol–water partition coefficient (Wildman–Crippen LogP) is 7.46. The van der Waals surface area contributed by atoms with Crippen LogP contribution in [0.1, 0.15) is 142 Å². The van der Waals surface area contributed by atoms with Gasteiger partial charge in [0.05, 0.1) is 34.4 Å². The fourth-order valence-electron chi connectivity index (χ4n) is 4.85. The van der Waals surface area contributed by atoms with E-state index < -0.39 is 18.1 Å². The summed E-state index contributed by atoms with van der Waals surface area (Å²) in [6.45, 7) is 4.65. The first-order chi connectivity index (χ1) is 19.6. The van der Waals surface area contributed by atoms with Gasteiger partial charge in [0, 0.05) is 19.3 Å². The van der Waals surface area contributed by atoms with Crippen LogP contribution in [0.3, 0.4) is 0 Å². The lowest BCUT2D eigenvalue weighted by Crippen LogP contribution is -2.50. The number of carbonyl (C=O) groups excluding carboxylic acids is 2. The van der Waals surface area contributed by atoms with E-state index in [0.717, 1.165) is 38.5 Å². The van der Waals surface area contributed by atoms with Gasteiger partial charge in [0.1, 0.15) is 6.61 Å². The third-order valence-corrected chi connectivity index (χ3v) is 7.51. The quantitative estimate of drug-likeness (QED) is 0.0552. The summed E-state index contributed by atoms with van der Waals surface area (Å²) in [5, 5.41) is 9.52. The summed E-state index contributed by atoms with van der Waals surface area (Å²) in [5.41, 5.74) is 0. The average molecular weight is 587 g/mol. The molecular formula is C33H64NO7+. The van der Waals surface area contributed by atoms with E-state index in [9.17, 15) is 19.5 Å². The number of carboxylic acids is 1. The largest absolute Gasteiger partial charge is 0.477 e. The lowest BCUT2D eigenvalue weighted by atomic mass is 10.1. The van der Waals surface area contributed by atoms with E-state index in [-0.39, 0.29) is 36.2 Å². The molecule has 0 aliphatic rings. The van der Waals surface area contributed by atoms with Gasteiger partial charge in [-0.1, -0.05) is 110 Å². The standard InChI is InChI=1S/C33H63NO7/c1-6-8-10-12-14-15-16-17-18-20-22-24-32(36)41-29(27-39-26-25-30(33(37)38)34(3,4)5)28-40-31(35)23-21-19-13-11-9-7-2/h29-30H,6-28H2,1-5H3/p+1. The zero-order chi connectivity index (χ0) is 30.8. The van der Waals surface area contributed by atoms with Crippen LogP contribution in [0.15, 0.2) is 0 Å². The smallest absolute Gasteiger partial charge is 0.362 e. The van der Waals surface area contributed by atoms with Gasteiger partial charge >= 0.3 is 17.9 Å². The van der Waals surface area contributed by atoms with Gasteiger partial charge in [-0.3, -0.25) is 9.59 Å². The van der Waals surface area contributed by atoms with Crippen molar-refractivity contribution >= 4 is 17.9 Å². The summed E-state index contributed by atoms with van der Waals surface area (Å²) in [7, 11) is 5.50. The number of hydrogen-bond acceptors (Lipinski definition) is 6. The van der Waals surface area contributed by atoms with E-state index in [2.05, 4.69) is 13.8 Å². The number of likely N-dealkylation sites (N-methyl/N-ethyl adjacent to an activating group) is 1. The molecule has 0 aliphatic heterocycles. The highest BCUT2D eigenvalue weighted by Crippen LogP contribution is 2.13. The summed E-state index contributed by atoms with van der Waals surface area (Å²) in [6.07, 6.45) is 20.2. The molecule has 2 unspecified atom stereocenters. The van der Waals surface area contributed by atoms with Gasteiger partial charge in [0.15, 0.2) is 12.1 Å². The number of hydrogen-bond donors (Lipinski definition) is 1. The Morgan fingerprint density at radius 3 is 1.51 bits per heavy atom. The molecule has 0 radical (unpaired) electrons. The normalized spacial score (nSPS) is 13.1. The van der Waals surface area contributed by atoms with E-state index in [1.54, 1.807) is 0 Å². The fourth-order valence-corrected chi connectivity index (χ4v) is 4.85. The maximum absolute atomic E-state index is 12.5. The van der Waals surface area contributed by atoms with E-state index >= 15 is 0 Å². The summed E-state index contributed by atoms with van der Waals surface area (Å²) in [5.74, 6) is -1.47. The number of rotatable bonds is 29. The molecule has 8 nitrogen and oxygen atoms in total. The first-order valence-corrected chi connectivity index (χ1v) is 16.6. The Balaban J connectivity index is 4.45. The Morgan fingerprint density at radius 2 is 1.07 bits per heavy atom. The molecule has 0 bridgehead atoms. The first kappa shape index (κ1) is 39.3. The topological polar surface area (TPSA) is 99.1 Å². The van der Waals surface area contributed by atoms with Crippen molar-refractivity contribution in [2.24, 2.45) is 0 Å². The van der Waals surface area contributed by atoms with Crippen LogP contribution < -0.4 is 0 Å². The van der Waals surface area contributed by atoms with Crippen LogP contribution in [0.4, 0.5) is 0 Å². The van der Waals surface area contributed by atoms with Crippen LogP contribution in [0, 0.1) is 0 Å². The third kappa shape index (κ3) is 24.6. The highest BCUT2D eigenvalue weighted by molar-refractivity contribution is 5.72. The van der Waals surface area contributed by atoms with Gasteiger partial charge in [-0.15, -0.1) is 0 Å². The van der Waals surface area contributed by atoms with Crippen molar-refractivity contribution in [3.63, 3.8) is 0 Å². The molecule has 0 aliphatic carbocycles. The number of ether oxygens (including phenoxy) is 3. The molecule has 41 heavy (non-hydrogen) atoms. The van der Waals surface area contributed by atoms with Gasteiger partial charge in [0.2, 0.25) is 0 Å². The number of carbonyl (C=O) groups is 3. The zero-order valence-corrected chi connectivity index (χ0v) is 27.3. The minimum atomic E-state index is -0.875. The van der Waals surface area contributed by atoms with Crippen molar-refractivity contribution in [1.29, 1.82) is 0 Å².